The molecule has 2 aromatic carbocycles. The van der Waals surface area contributed by atoms with E-state index in [1.807, 2.05) is 38.1 Å². The van der Waals surface area contributed by atoms with Gasteiger partial charge < -0.3 is 9.64 Å². The van der Waals surface area contributed by atoms with Crippen LogP contribution in [0.25, 0.3) is 0 Å². The van der Waals surface area contributed by atoms with E-state index in [-0.39, 0.29) is 11.7 Å². The standard InChI is InChI=1S/C19H22FNO2/c1-3-21(18-8-5-4-7-15(18)2)19(22)9-6-14-23-17-12-10-16(20)11-13-17/h4-5,7-8,10-13H,3,6,9,14H2,1-2H3. The molecule has 0 heterocycles. The number of carbonyl (C=O) groups is 1. The number of hydrogen-bond donors (Lipinski definition) is 0. The highest BCUT2D eigenvalue weighted by atomic mass is 19.1. The van der Waals surface area contributed by atoms with E-state index in [9.17, 15) is 9.18 Å². The molecular weight excluding hydrogens is 293 g/mol. The van der Waals surface area contributed by atoms with E-state index in [0.29, 0.717) is 31.7 Å². The van der Waals surface area contributed by atoms with Gasteiger partial charge in [-0.25, -0.2) is 4.39 Å². The molecule has 0 saturated heterocycles. The molecule has 0 aromatic heterocycles. The first kappa shape index (κ1) is 17.0. The Hall–Kier alpha value is -2.36. The third kappa shape index (κ3) is 4.81. The molecule has 0 fully saturated rings. The van der Waals surface area contributed by atoms with E-state index in [0.717, 1.165) is 11.3 Å². The fraction of sp³-hybridized carbons (Fsp3) is 0.316. The molecule has 2 rings (SSSR count). The Balaban J connectivity index is 1.83. The second-order valence-electron chi connectivity index (χ2n) is 5.33. The van der Waals surface area contributed by atoms with Crippen LogP contribution < -0.4 is 9.64 Å². The summed E-state index contributed by atoms with van der Waals surface area (Å²) in [6.07, 6.45) is 1.04. The molecule has 0 aliphatic rings. The molecule has 1 amide bonds. The van der Waals surface area contributed by atoms with Crippen LogP contribution in [0, 0.1) is 12.7 Å². The van der Waals surface area contributed by atoms with Gasteiger partial charge in [-0.2, -0.15) is 0 Å². The van der Waals surface area contributed by atoms with Gasteiger partial charge in [-0.05, 0) is 56.2 Å². The predicted octanol–water partition coefficient (Wildman–Crippen LogP) is 4.35. The van der Waals surface area contributed by atoms with Gasteiger partial charge in [0.1, 0.15) is 11.6 Å². The molecule has 0 radical (unpaired) electrons. The SMILES string of the molecule is CCN(C(=O)CCCOc1ccc(F)cc1)c1ccccc1C. The van der Waals surface area contributed by atoms with Crippen molar-refractivity contribution in [2.45, 2.75) is 26.7 Å². The molecule has 3 nitrogen and oxygen atoms in total. The van der Waals surface area contributed by atoms with E-state index in [2.05, 4.69) is 0 Å². The van der Waals surface area contributed by atoms with Gasteiger partial charge in [0.05, 0.1) is 6.61 Å². The fourth-order valence-electron chi connectivity index (χ4n) is 2.43. The Bertz CT molecular complexity index is 640. The molecule has 0 aliphatic carbocycles. The largest absolute Gasteiger partial charge is 0.494 e. The zero-order valence-corrected chi connectivity index (χ0v) is 13.6. The van der Waals surface area contributed by atoms with Crippen LogP contribution in [0.2, 0.25) is 0 Å². The minimum absolute atomic E-state index is 0.0875. The zero-order chi connectivity index (χ0) is 16.7. The number of halogens is 1. The molecule has 122 valence electrons. The average Bonchev–Trinajstić information content (AvgIpc) is 2.55. The van der Waals surface area contributed by atoms with Gasteiger partial charge in [0.2, 0.25) is 5.91 Å². The molecule has 4 heteroatoms. The van der Waals surface area contributed by atoms with Gasteiger partial charge in [0.15, 0.2) is 0 Å². The van der Waals surface area contributed by atoms with Crippen LogP contribution in [0.1, 0.15) is 25.3 Å². The van der Waals surface area contributed by atoms with Crippen molar-refractivity contribution in [1.29, 1.82) is 0 Å². The lowest BCUT2D eigenvalue weighted by Crippen LogP contribution is -2.31. The number of hydrogen-bond acceptors (Lipinski definition) is 2. The number of carbonyl (C=O) groups excluding carboxylic acids is 1. The number of benzene rings is 2. The van der Waals surface area contributed by atoms with Gasteiger partial charge in [-0.1, -0.05) is 18.2 Å². The van der Waals surface area contributed by atoms with Crippen LogP contribution in [0.4, 0.5) is 10.1 Å². The minimum Gasteiger partial charge on any atom is -0.494 e. The summed E-state index contributed by atoms with van der Waals surface area (Å²) in [6, 6.07) is 13.8. The molecular formula is C19H22FNO2. The Morgan fingerprint density at radius 3 is 2.48 bits per heavy atom. The number of rotatable bonds is 7. The summed E-state index contributed by atoms with van der Waals surface area (Å²) in [6.45, 7) is 5.05. The van der Waals surface area contributed by atoms with E-state index in [1.54, 1.807) is 17.0 Å². The summed E-state index contributed by atoms with van der Waals surface area (Å²) in [5.74, 6) is 0.416. The number of anilines is 1. The molecule has 0 atom stereocenters. The van der Waals surface area contributed by atoms with Crippen LogP contribution in [-0.4, -0.2) is 19.1 Å². The average molecular weight is 315 g/mol. The summed E-state index contributed by atoms with van der Waals surface area (Å²) in [5, 5.41) is 0. The van der Waals surface area contributed by atoms with Gasteiger partial charge in [0, 0.05) is 18.7 Å². The maximum Gasteiger partial charge on any atom is 0.227 e. The molecule has 2 aromatic rings. The van der Waals surface area contributed by atoms with Crippen molar-refractivity contribution in [2.24, 2.45) is 0 Å². The summed E-state index contributed by atoms with van der Waals surface area (Å²) < 4.78 is 18.3. The van der Waals surface area contributed by atoms with Crippen LogP contribution in [0.3, 0.4) is 0 Å². The second kappa shape index (κ2) is 8.32. The third-order valence-electron chi connectivity index (χ3n) is 3.64. The first-order valence-corrected chi connectivity index (χ1v) is 7.86. The molecule has 0 unspecified atom stereocenters. The summed E-state index contributed by atoms with van der Waals surface area (Å²) in [4.78, 5) is 14.2. The van der Waals surface area contributed by atoms with Crippen LogP contribution >= 0.6 is 0 Å². The Kier molecular flexibility index (Phi) is 6.15. The fourth-order valence-corrected chi connectivity index (χ4v) is 2.43. The Morgan fingerprint density at radius 1 is 1.13 bits per heavy atom. The highest BCUT2D eigenvalue weighted by molar-refractivity contribution is 5.93. The van der Waals surface area contributed by atoms with Gasteiger partial charge in [-0.3, -0.25) is 4.79 Å². The smallest absolute Gasteiger partial charge is 0.227 e. The molecule has 0 aliphatic heterocycles. The summed E-state index contributed by atoms with van der Waals surface area (Å²) in [5.41, 5.74) is 2.05. The molecule has 0 bridgehead atoms. The highest BCUT2D eigenvalue weighted by Crippen LogP contribution is 2.20. The van der Waals surface area contributed by atoms with E-state index in [4.69, 9.17) is 4.74 Å². The quantitative estimate of drug-likeness (QED) is 0.711. The minimum atomic E-state index is -0.288. The number of para-hydroxylation sites is 1. The number of aryl methyl sites for hydroxylation is 1. The summed E-state index contributed by atoms with van der Waals surface area (Å²) in [7, 11) is 0. The predicted molar refractivity (Wildman–Crippen MR) is 90.3 cm³/mol. The molecule has 23 heavy (non-hydrogen) atoms. The number of amides is 1. The second-order valence-corrected chi connectivity index (χ2v) is 5.33. The normalized spacial score (nSPS) is 10.4. The van der Waals surface area contributed by atoms with Crippen LogP contribution in [-0.2, 0) is 4.79 Å². The zero-order valence-electron chi connectivity index (χ0n) is 13.6. The van der Waals surface area contributed by atoms with Crippen molar-refractivity contribution in [2.75, 3.05) is 18.1 Å². The molecule has 0 saturated carbocycles. The van der Waals surface area contributed by atoms with Crippen molar-refractivity contribution < 1.29 is 13.9 Å². The van der Waals surface area contributed by atoms with E-state index < -0.39 is 0 Å². The molecule has 0 N–H and O–H groups in total. The van der Waals surface area contributed by atoms with Gasteiger partial charge in [0.25, 0.3) is 0 Å². The number of nitrogens with zero attached hydrogens (tertiary/aromatic N) is 1. The maximum absolute atomic E-state index is 12.8. The van der Waals surface area contributed by atoms with Crippen LogP contribution in [0.5, 0.6) is 5.75 Å². The lowest BCUT2D eigenvalue weighted by Gasteiger charge is -2.23. The highest BCUT2D eigenvalue weighted by Gasteiger charge is 2.14. The van der Waals surface area contributed by atoms with Gasteiger partial charge >= 0.3 is 0 Å². The van der Waals surface area contributed by atoms with Crippen molar-refractivity contribution in [3.05, 3.63) is 59.9 Å². The van der Waals surface area contributed by atoms with Crippen molar-refractivity contribution in [3.63, 3.8) is 0 Å². The van der Waals surface area contributed by atoms with E-state index >= 15 is 0 Å². The molecule has 0 spiro atoms. The van der Waals surface area contributed by atoms with Crippen molar-refractivity contribution in [3.8, 4) is 5.75 Å². The topological polar surface area (TPSA) is 29.5 Å². The Labute approximate surface area is 136 Å². The number of ether oxygens (including phenoxy) is 1. The lowest BCUT2D eigenvalue weighted by molar-refractivity contribution is -0.118. The van der Waals surface area contributed by atoms with Gasteiger partial charge in [-0.15, -0.1) is 0 Å². The monoisotopic (exact) mass is 315 g/mol. The third-order valence-corrected chi connectivity index (χ3v) is 3.64. The first-order valence-electron chi connectivity index (χ1n) is 7.86. The summed E-state index contributed by atoms with van der Waals surface area (Å²) >= 11 is 0. The van der Waals surface area contributed by atoms with Crippen molar-refractivity contribution in [1.82, 2.24) is 0 Å². The van der Waals surface area contributed by atoms with Crippen LogP contribution in [0.15, 0.2) is 48.5 Å². The lowest BCUT2D eigenvalue weighted by atomic mass is 10.1. The Morgan fingerprint density at radius 2 is 1.83 bits per heavy atom. The van der Waals surface area contributed by atoms with Crippen molar-refractivity contribution >= 4 is 11.6 Å². The first-order chi connectivity index (χ1) is 11.1. The van der Waals surface area contributed by atoms with E-state index in [1.165, 1.54) is 12.1 Å². The maximum atomic E-state index is 12.8.